The Morgan fingerprint density at radius 2 is 2.31 bits per heavy atom. The third kappa shape index (κ3) is 2.53. The molecule has 2 aromatic heterocycles. The fourth-order valence-electron chi connectivity index (χ4n) is 1.19. The number of hydrogen-bond acceptors (Lipinski definition) is 5. The van der Waals surface area contributed by atoms with E-state index in [4.69, 9.17) is 16.9 Å². The van der Waals surface area contributed by atoms with E-state index in [9.17, 15) is 0 Å². The standard InChI is InChI=1S/C10H8ClN3S2/c1-6-2-3-7(15-6)5-13-10-14-9(11)8(4-12)16-10/h2-3H,5H2,1H3,(H,13,14). The van der Waals surface area contributed by atoms with Crippen molar-refractivity contribution in [1.29, 1.82) is 5.26 Å². The molecule has 16 heavy (non-hydrogen) atoms. The number of nitrogens with one attached hydrogen (secondary N) is 1. The Hall–Kier alpha value is -1.09. The summed E-state index contributed by atoms with van der Waals surface area (Å²) in [6.45, 7) is 2.79. The highest BCUT2D eigenvalue weighted by Gasteiger charge is 2.08. The molecule has 0 aliphatic heterocycles. The summed E-state index contributed by atoms with van der Waals surface area (Å²) in [5, 5.41) is 12.8. The molecule has 0 spiro atoms. The number of anilines is 1. The van der Waals surface area contributed by atoms with Crippen LogP contribution < -0.4 is 5.32 Å². The quantitative estimate of drug-likeness (QED) is 0.925. The molecule has 2 aromatic rings. The second kappa shape index (κ2) is 4.83. The predicted molar refractivity (Wildman–Crippen MR) is 68.2 cm³/mol. The van der Waals surface area contributed by atoms with E-state index in [1.54, 1.807) is 11.3 Å². The van der Waals surface area contributed by atoms with Gasteiger partial charge < -0.3 is 5.32 Å². The lowest BCUT2D eigenvalue weighted by Gasteiger charge is -1.98. The van der Waals surface area contributed by atoms with E-state index in [1.165, 1.54) is 21.1 Å². The molecule has 0 amide bonds. The van der Waals surface area contributed by atoms with E-state index in [0.717, 1.165) is 0 Å². The molecule has 82 valence electrons. The number of nitrogens with zero attached hydrogens (tertiary/aromatic N) is 2. The van der Waals surface area contributed by atoms with E-state index < -0.39 is 0 Å². The van der Waals surface area contributed by atoms with Gasteiger partial charge in [-0.15, -0.1) is 11.3 Å². The summed E-state index contributed by atoms with van der Waals surface area (Å²) >= 11 is 8.79. The Kier molecular flexibility index (Phi) is 3.44. The maximum atomic E-state index is 8.73. The Morgan fingerprint density at radius 1 is 1.50 bits per heavy atom. The van der Waals surface area contributed by atoms with Gasteiger partial charge in [0.1, 0.15) is 10.9 Å². The van der Waals surface area contributed by atoms with Gasteiger partial charge in [0.15, 0.2) is 10.3 Å². The molecule has 3 nitrogen and oxygen atoms in total. The Morgan fingerprint density at radius 3 is 2.88 bits per heavy atom. The fraction of sp³-hybridized carbons (Fsp3) is 0.200. The number of aryl methyl sites for hydroxylation is 1. The normalized spacial score (nSPS) is 10.1. The molecule has 1 N–H and O–H groups in total. The maximum absolute atomic E-state index is 8.73. The Labute approximate surface area is 106 Å². The van der Waals surface area contributed by atoms with Crippen molar-refractivity contribution in [2.45, 2.75) is 13.5 Å². The molecule has 2 rings (SSSR count). The molecule has 6 heteroatoms. The zero-order valence-corrected chi connectivity index (χ0v) is 10.8. The molecule has 0 saturated heterocycles. The van der Waals surface area contributed by atoms with Crippen LogP contribution in [0.15, 0.2) is 12.1 Å². The lowest BCUT2D eigenvalue weighted by molar-refractivity contribution is 1.17. The molecule has 0 fully saturated rings. The van der Waals surface area contributed by atoms with Crippen LogP contribution >= 0.6 is 34.3 Å². The Bertz CT molecular complexity index is 538. The minimum absolute atomic E-state index is 0.275. The first-order chi connectivity index (χ1) is 7.69. The molecule has 0 unspecified atom stereocenters. The molecule has 0 radical (unpaired) electrons. The van der Waals surface area contributed by atoms with Crippen molar-refractivity contribution in [3.63, 3.8) is 0 Å². The summed E-state index contributed by atoms with van der Waals surface area (Å²) in [5.74, 6) is 0. The summed E-state index contributed by atoms with van der Waals surface area (Å²) in [7, 11) is 0. The van der Waals surface area contributed by atoms with Crippen LogP contribution in [0.2, 0.25) is 5.15 Å². The van der Waals surface area contributed by atoms with Gasteiger partial charge in [0.25, 0.3) is 0 Å². The van der Waals surface area contributed by atoms with E-state index in [2.05, 4.69) is 29.4 Å². The lowest BCUT2D eigenvalue weighted by atomic mass is 10.4. The molecule has 2 heterocycles. The number of thiophene rings is 1. The lowest BCUT2D eigenvalue weighted by Crippen LogP contribution is -1.95. The van der Waals surface area contributed by atoms with E-state index in [0.29, 0.717) is 16.6 Å². The first-order valence-corrected chi connectivity index (χ1v) is 6.56. The summed E-state index contributed by atoms with van der Waals surface area (Å²) < 4.78 is 0. The SMILES string of the molecule is Cc1ccc(CNc2nc(Cl)c(C#N)s2)s1. The Balaban J connectivity index is 2.02. The van der Waals surface area contributed by atoms with Crippen LogP contribution in [-0.4, -0.2) is 4.98 Å². The van der Waals surface area contributed by atoms with Crippen LogP contribution in [0.25, 0.3) is 0 Å². The van der Waals surface area contributed by atoms with Crippen LogP contribution in [0.1, 0.15) is 14.6 Å². The van der Waals surface area contributed by atoms with E-state index >= 15 is 0 Å². The van der Waals surface area contributed by atoms with Gasteiger partial charge in [-0.05, 0) is 19.1 Å². The largest absolute Gasteiger partial charge is 0.357 e. The van der Waals surface area contributed by atoms with Crippen molar-refractivity contribution in [3.8, 4) is 6.07 Å². The van der Waals surface area contributed by atoms with E-state index in [1.807, 2.05) is 6.07 Å². The highest BCUT2D eigenvalue weighted by Crippen LogP contribution is 2.26. The smallest absolute Gasteiger partial charge is 0.185 e. The van der Waals surface area contributed by atoms with Crippen molar-refractivity contribution in [2.75, 3.05) is 5.32 Å². The molecule has 0 aliphatic rings. The van der Waals surface area contributed by atoms with Gasteiger partial charge >= 0.3 is 0 Å². The summed E-state index contributed by atoms with van der Waals surface area (Å²) in [5.41, 5.74) is 0. The highest BCUT2D eigenvalue weighted by atomic mass is 35.5. The third-order valence-electron chi connectivity index (χ3n) is 1.90. The number of thiazole rings is 1. The van der Waals surface area contributed by atoms with Crippen LogP contribution in [0.3, 0.4) is 0 Å². The van der Waals surface area contributed by atoms with Crippen LogP contribution in [0.5, 0.6) is 0 Å². The average Bonchev–Trinajstić information content (AvgIpc) is 2.82. The summed E-state index contributed by atoms with van der Waals surface area (Å²) in [4.78, 5) is 7.03. The van der Waals surface area contributed by atoms with Crippen molar-refractivity contribution in [3.05, 3.63) is 31.9 Å². The van der Waals surface area contributed by atoms with Crippen LogP contribution in [-0.2, 0) is 6.54 Å². The third-order valence-corrected chi connectivity index (χ3v) is 4.20. The molecule has 0 aliphatic carbocycles. The van der Waals surface area contributed by atoms with Crippen molar-refractivity contribution in [1.82, 2.24) is 4.98 Å². The topological polar surface area (TPSA) is 48.7 Å². The molecule has 0 bridgehead atoms. The minimum Gasteiger partial charge on any atom is -0.357 e. The number of halogens is 1. The molecular formula is C10H8ClN3S2. The van der Waals surface area contributed by atoms with Gasteiger partial charge in [-0.25, -0.2) is 4.98 Å². The molecular weight excluding hydrogens is 262 g/mol. The van der Waals surface area contributed by atoms with Gasteiger partial charge in [-0.2, -0.15) is 5.26 Å². The number of nitriles is 1. The molecule has 0 saturated carbocycles. The fourth-order valence-corrected chi connectivity index (χ4v) is 2.96. The first-order valence-electron chi connectivity index (χ1n) is 4.54. The zero-order chi connectivity index (χ0) is 11.5. The maximum Gasteiger partial charge on any atom is 0.185 e. The highest BCUT2D eigenvalue weighted by molar-refractivity contribution is 7.16. The second-order valence-electron chi connectivity index (χ2n) is 3.12. The number of hydrogen-bond donors (Lipinski definition) is 1. The van der Waals surface area contributed by atoms with Gasteiger partial charge in [0.05, 0.1) is 6.54 Å². The minimum atomic E-state index is 0.275. The van der Waals surface area contributed by atoms with Gasteiger partial charge in [0, 0.05) is 9.75 Å². The molecule has 0 atom stereocenters. The summed E-state index contributed by atoms with van der Waals surface area (Å²) in [6.07, 6.45) is 0. The average molecular weight is 270 g/mol. The predicted octanol–water partition coefficient (Wildman–Crippen LogP) is 3.65. The first kappa shape index (κ1) is 11.4. The number of rotatable bonds is 3. The van der Waals surface area contributed by atoms with Crippen LogP contribution in [0, 0.1) is 18.3 Å². The van der Waals surface area contributed by atoms with Gasteiger partial charge in [0.2, 0.25) is 0 Å². The van der Waals surface area contributed by atoms with Crippen LogP contribution in [0.4, 0.5) is 5.13 Å². The number of aromatic nitrogens is 1. The van der Waals surface area contributed by atoms with Gasteiger partial charge in [-0.3, -0.25) is 0 Å². The van der Waals surface area contributed by atoms with Crippen molar-refractivity contribution in [2.24, 2.45) is 0 Å². The van der Waals surface area contributed by atoms with E-state index in [-0.39, 0.29) is 5.15 Å². The van der Waals surface area contributed by atoms with Crippen molar-refractivity contribution < 1.29 is 0 Å². The molecule has 0 aromatic carbocycles. The second-order valence-corrected chi connectivity index (χ2v) is 5.85. The van der Waals surface area contributed by atoms with Gasteiger partial charge in [-0.1, -0.05) is 22.9 Å². The zero-order valence-electron chi connectivity index (χ0n) is 8.45. The monoisotopic (exact) mass is 269 g/mol. The van der Waals surface area contributed by atoms with Crippen molar-refractivity contribution >= 4 is 39.4 Å². The summed E-state index contributed by atoms with van der Waals surface area (Å²) in [6, 6.07) is 6.16.